The smallest absolute Gasteiger partial charge is 0.345 e. The van der Waals surface area contributed by atoms with Crippen molar-refractivity contribution in [2.75, 3.05) is 43.4 Å². The summed E-state index contributed by atoms with van der Waals surface area (Å²) >= 11 is 1.14. The number of imide groups is 1. The van der Waals surface area contributed by atoms with E-state index in [-0.39, 0.29) is 68.6 Å². The van der Waals surface area contributed by atoms with Crippen molar-refractivity contribution in [3.63, 3.8) is 0 Å². The molecular formula is C19H21F3N4O4S2. The molecule has 8 nitrogen and oxygen atoms in total. The molecule has 4 rings (SSSR count). The van der Waals surface area contributed by atoms with E-state index in [1.165, 1.54) is 10.4 Å². The van der Waals surface area contributed by atoms with E-state index >= 15 is 0 Å². The molecule has 0 unspecified atom stereocenters. The van der Waals surface area contributed by atoms with Crippen LogP contribution in [0.5, 0.6) is 0 Å². The molecule has 0 N–H and O–H groups in total. The molecule has 174 valence electrons. The number of halogens is 3. The predicted molar refractivity (Wildman–Crippen MR) is 113 cm³/mol. The zero-order chi connectivity index (χ0) is 23.1. The van der Waals surface area contributed by atoms with E-state index in [4.69, 9.17) is 0 Å². The van der Waals surface area contributed by atoms with Gasteiger partial charge in [-0.05, 0) is 18.6 Å². The van der Waals surface area contributed by atoms with Crippen molar-refractivity contribution in [2.24, 2.45) is 0 Å². The number of hydrogen-bond donors (Lipinski definition) is 0. The number of carbonyl (C=O) groups is 2. The van der Waals surface area contributed by atoms with Gasteiger partial charge in [-0.15, -0.1) is 0 Å². The number of piperazine rings is 1. The first kappa shape index (κ1) is 22.9. The Labute approximate surface area is 186 Å². The molecule has 0 spiro atoms. The van der Waals surface area contributed by atoms with Crippen molar-refractivity contribution in [3.05, 3.63) is 23.8 Å². The summed E-state index contributed by atoms with van der Waals surface area (Å²) in [6.07, 6.45) is -3.54. The molecule has 0 saturated carbocycles. The van der Waals surface area contributed by atoms with Gasteiger partial charge in [-0.1, -0.05) is 17.4 Å². The number of likely N-dealkylation sites (tertiary alicyclic amines) is 1. The number of hydrogen-bond acceptors (Lipinski definition) is 7. The van der Waals surface area contributed by atoms with Crippen LogP contribution < -0.4 is 4.90 Å². The normalized spacial score (nSPS) is 19.2. The highest BCUT2D eigenvalue weighted by Crippen LogP contribution is 2.38. The van der Waals surface area contributed by atoms with Crippen LogP contribution in [0.25, 0.3) is 10.2 Å². The van der Waals surface area contributed by atoms with Crippen LogP contribution in [0.3, 0.4) is 0 Å². The molecule has 0 aliphatic carbocycles. The molecule has 2 amide bonds. The van der Waals surface area contributed by atoms with Gasteiger partial charge in [0.1, 0.15) is 0 Å². The molecule has 2 aliphatic rings. The van der Waals surface area contributed by atoms with E-state index in [9.17, 15) is 31.2 Å². The van der Waals surface area contributed by atoms with Crippen LogP contribution in [0, 0.1) is 0 Å². The molecule has 3 heterocycles. The van der Waals surface area contributed by atoms with Gasteiger partial charge in [-0.3, -0.25) is 14.5 Å². The second-order valence-electron chi connectivity index (χ2n) is 7.64. The SMILES string of the molecule is O=C1CCCC(=O)N1CCS(=O)(=O)N1CCN(c2nc3c(C(F)(F)F)cccc3s2)CC1. The lowest BCUT2D eigenvalue weighted by molar-refractivity contribution is -0.147. The Balaban J connectivity index is 1.40. The van der Waals surface area contributed by atoms with Gasteiger partial charge in [0.25, 0.3) is 0 Å². The summed E-state index contributed by atoms with van der Waals surface area (Å²) in [5.41, 5.74) is -0.897. The summed E-state index contributed by atoms with van der Waals surface area (Å²) in [7, 11) is -3.69. The maximum absolute atomic E-state index is 13.2. The van der Waals surface area contributed by atoms with Crippen LogP contribution in [0.2, 0.25) is 0 Å². The number of thiazole rings is 1. The molecule has 2 fully saturated rings. The van der Waals surface area contributed by atoms with Gasteiger partial charge in [-0.25, -0.2) is 13.4 Å². The van der Waals surface area contributed by atoms with Crippen LogP contribution in [0.4, 0.5) is 18.3 Å². The lowest BCUT2D eigenvalue weighted by atomic mass is 10.1. The first-order valence-corrected chi connectivity index (χ1v) is 12.5. The molecule has 2 aromatic rings. The Kier molecular flexibility index (Phi) is 6.16. The minimum atomic E-state index is -4.51. The molecule has 1 aromatic carbocycles. The molecule has 1 aromatic heterocycles. The summed E-state index contributed by atoms with van der Waals surface area (Å²) in [6, 6.07) is 3.92. The summed E-state index contributed by atoms with van der Waals surface area (Å²) in [5.74, 6) is -1.05. The number of alkyl halides is 3. The minimum absolute atomic E-state index is 0.106. The number of piperidine rings is 1. The van der Waals surface area contributed by atoms with Crippen molar-refractivity contribution in [2.45, 2.75) is 25.4 Å². The Morgan fingerprint density at radius 1 is 1.03 bits per heavy atom. The third-order valence-electron chi connectivity index (χ3n) is 5.57. The van der Waals surface area contributed by atoms with E-state index in [0.29, 0.717) is 16.3 Å². The predicted octanol–water partition coefficient (Wildman–Crippen LogP) is 2.31. The molecule has 32 heavy (non-hydrogen) atoms. The average Bonchev–Trinajstić information content (AvgIpc) is 3.17. The fourth-order valence-electron chi connectivity index (χ4n) is 3.84. The number of carbonyl (C=O) groups excluding carboxylic acids is 2. The third-order valence-corrected chi connectivity index (χ3v) is 8.50. The molecule has 13 heteroatoms. The number of benzene rings is 1. The van der Waals surface area contributed by atoms with E-state index in [1.54, 1.807) is 11.0 Å². The minimum Gasteiger partial charge on any atom is -0.345 e. The zero-order valence-electron chi connectivity index (χ0n) is 17.0. The fourth-order valence-corrected chi connectivity index (χ4v) is 6.28. The Morgan fingerprint density at radius 2 is 1.69 bits per heavy atom. The molecule has 0 bridgehead atoms. The number of amides is 2. The zero-order valence-corrected chi connectivity index (χ0v) is 18.6. The summed E-state index contributed by atoms with van der Waals surface area (Å²) in [4.78, 5) is 30.7. The van der Waals surface area contributed by atoms with Gasteiger partial charge in [0.15, 0.2) is 5.13 Å². The molecule has 2 aliphatic heterocycles. The Morgan fingerprint density at radius 3 is 2.31 bits per heavy atom. The van der Waals surface area contributed by atoms with Crippen molar-refractivity contribution in [1.82, 2.24) is 14.2 Å². The van der Waals surface area contributed by atoms with Crippen molar-refractivity contribution in [1.29, 1.82) is 0 Å². The summed E-state index contributed by atoms with van der Waals surface area (Å²) in [6.45, 7) is 0.681. The number of aromatic nitrogens is 1. The van der Waals surface area contributed by atoms with Crippen molar-refractivity contribution in [3.8, 4) is 0 Å². The van der Waals surface area contributed by atoms with E-state index in [2.05, 4.69) is 4.98 Å². The maximum atomic E-state index is 13.2. The highest BCUT2D eigenvalue weighted by Gasteiger charge is 2.35. The quantitative estimate of drug-likeness (QED) is 0.598. The lowest BCUT2D eigenvalue weighted by Gasteiger charge is -2.34. The van der Waals surface area contributed by atoms with Crippen LogP contribution >= 0.6 is 11.3 Å². The molecular weight excluding hydrogens is 469 g/mol. The lowest BCUT2D eigenvalue weighted by Crippen LogP contribution is -2.51. The van der Waals surface area contributed by atoms with Crippen LogP contribution in [0.1, 0.15) is 24.8 Å². The largest absolute Gasteiger partial charge is 0.418 e. The number of para-hydroxylation sites is 1. The van der Waals surface area contributed by atoms with Crippen molar-refractivity contribution < 1.29 is 31.2 Å². The monoisotopic (exact) mass is 490 g/mol. The van der Waals surface area contributed by atoms with Crippen molar-refractivity contribution >= 4 is 48.5 Å². The van der Waals surface area contributed by atoms with Gasteiger partial charge in [0.2, 0.25) is 21.8 Å². The second kappa shape index (κ2) is 8.60. The Bertz CT molecular complexity index is 1130. The van der Waals surface area contributed by atoms with Gasteiger partial charge in [0, 0.05) is 45.6 Å². The number of nitrogens with zero attached hydrogens (tertiary/aromatic N) is 4. The van der Waals surface area contributed by atoms with Crippen LogP contribution in [-0.2, 0) is 25.8 Å². The third kappa shape index (κ3) is 4.59. The summed E-state index contributed by atoms with van der Waals surface area (Å²) in [5, 5.41) is 0.415. The topological polar surface area (TPSA) is 90.9 Å². The first-order chi connectivity index (χ1) is 15.1. The highest BCUT2D eigenvalue weighted by atomic mass is 32.2. The fraction of sp³-hybridized carbons (Fsp3) is 0.526. The van der Waals surface area contributed by atoms with Crippen LogP contribution in [-0.4, -0.2) is 72.9 Å². The summed E-state index contributed by atoms with van der Waals surface area (Å²) < 4.78 is 66.8. The van der Waals surface area contributed by atoms with Gasteiger partial charge < -0.3 is 4.90 Å². The van der Waals surface area contributed by atoms with E-state index < -0.39 is 21.8 Å². The Hall–Kier alpha value is -2.25. The molecule has 2 saturated heterocycles. The molecule has 0 radical (unpaired) electrons. The highest BCUT2D eigenvalue weighted by molar-refractivity contribution is 7.89. The van der Waals surface area contributed by atoms with E-state index in [0.717, 1.165) is 22.3 Å². The standard InChI is InChI=1S/C19H21F3N4O4S2/c20-19(21,22)13-3-1-4-14-17(13)23-18(31-14)24-7-9-25(10-8-24)32(29,30)12-11-26-15(27)5-2-6-16(26)28/h1,3-4H,2,5-12H2. The molecule has 0 atom stereocenters. The van der Waals surface area contributed by atoms with Crippen LogP contribution in [0.15, 0.2) is 18.2 Å². The average molecular weight is 491 g/mol. The number of sulfonamides is 1. The van der Waals surface area contributed by atoms with Gasteiger partial charge >= 0.3 is 6.18 Å². The van der Waals surface area contributed by atoms with Gasteiger partial charge in [0.05, 0.1) is 21.5 Å². The van der Waals surface area contributed by atoms with E-state index in [1.807, 2.05) is 0 Å². The number of fused-ring (bicyclic) bond motifs is 1. The maximum Gasteiger partial charge on any atom is 0.418 e. The van der Waals surface area contributed by atoms with Gasteiger partial charge in [-0.2, -0.15) is 17.5 Å². The first-order valence-electron chi connectivity index (χ1n) is 10.1. The second-order valence-corrected chi connectivity index (χ2v) is 10.7. The number of rotatable bonds is 5. The number of anilines is 1.